The zero-order chi connectivity index (χ0) is 17.2. The molecule has 2 N–H and O–H groups in total. The number of fused-ring (bicyclic) bond motifs is 1. The molecule has 0 amide bonds. The van der Waals surface area contributed by atoms with Gasteiger partial charge in [-0.25, -0.2) is 15.1 Å². The predicted molar refractivity (Wildman–Crippen MR) is 101 cm³/mol. The number of para-hydroxylation sites is 1. The third kappa shape index (κ3) is 3.06. The molecular formula is C18H16N6S. The molecule has 0 aliphatic heterocycles. The second-order valence-corrected chi connectivity index (χ2v) is 6.30. The summed E-state index contributed by atoms with van der Waals surface area (Å²) in [6, 6.07) is 16.0. The van der Waals surface area contributed by atoms with Gasteiger partial charge in [0.1, 0.15) is 5.82 Å². The van der Waals surface area contributed by atoms with Crippen molar-refractivity contribution in [3.8, 4) is 11.4 Å². The Morgan fingerprint density at radius 3 is 2.56 bits per heavy atom. The van der Waals surface area contributed by atoms with Crippen LogP contribution in [0, 0.1) is 6.92 Å². The third-order valence-corrected chi connectivity index (χ3v) is 4.42. The van der Waals surface area contributed by atoms with Crippen LogP contribution in [0.2, 0.25) is 0 Å². The summed E-state index contributed by atoms with van der Waals surface area (Å²) in [6.07, 6.45) is 1.93. The van der Waals surface area contributed by atoms with E-state index in [4.69, 9.17) is 9.97 Å². The van der Waals surface area contributed by atoms with Gasteiger partial charge >= 0.3 is 0 Å². The zero-order valence-electron chi connectivity index (χ0n) is 13.8. The average Bonchev–Trinajstić information content (AvgIpc) is 3.10. The highest BCUT2D eigenvalue weighted by Crippen LogP contribution is 2.28. The highest BCUT2D eigenvalue weighted by molar-refractivity contribution is 7.98. The molecule has 0 unspecified atom stereocenters. The molecule has 0 saturated heterocycles. The number of hydrogen-bond donors (Lipinski definition) is 2. The van der Waals surface area contributed by atoms with Crippen molar-refractivity contribution < 1.29 is 0 Å². The van der Waals surface area contributed by atoms with Crippen LogP contribution >= 0.6 is 11.8 Å². The quantitative estimate of drug-likeness (QED) is 0.538. The lowest BCUT2D eigenvalue weighted by Gasteiger charge is -2.10. The maximum Gasteiger partial charge on any atom is 0.225 e. The molecule has 0 saturated carbocycles. The first-order valence-electron chi connectivity index (χ1n) is 7.81. The van der Waals surface area contributed by atoms with Crippen LogP contribution < -0.4 is 5.32 Å². The van der Waals surface area contributed by atoms with Gasteiger partial charge in [-0.05, 0) is 30.9 Å². The molecule has 25 heavy (non-hydrogen) atoms. The van der Waals surface area contributed by atoms with Gasteiger partial charge in [0, 0.05) is 10.9 Å². The standard InChI is InChI=1S/C18H16N6S/c1-11-7-3-4-8-12(11)15-19-14-10-6-5-9-13(14)16(20-15)21-17-22-18(25-2)24-23-17/h3-10H,1-2H3,(H2,19,20,21,22,23,24). The molecule has 2 aromatic carbocycles. The van der Waals surface area contributed by atoms with E-state index in [0.29, 0.717) is 22.7 Å². The Labute approximate surface area is 149 Å². The first kappa shape index (κ1) is 15.6. The SMILES string of the molecule is CSc1n[nH]c(Nc2nc(-c3ccccc3C)nc3ccccc23)n1. The van der Waals surface area contributed by atoms with Gasteiger partial charge in [0.05, 0.1) is 5.52 Å². The summed E-state index contributed by atoms with van der Waals surface area (Å²) in [5.74, 6) is 1.94. The van der Waals surface area contributed by atoms with Crippen LogP contribution in [0.5, 0.6) is 0 Å². The number of nitrogens with one attached hydrogen (secondary N) is 2. The van der Waals surface area contributed by atoms with Crippen molar-refractivity contribution in [2.45, 2.75) is 12.1 Å². The van der Waals surface area contributed by atoms with Crippen molar-refractivity contribution in [1.82, 2.24) is 25.1 Å². The van der Waals surface area contributed by atoms with Crippen LogP contribution in [0.3, 0.4) is 0 Å². The van der Waals surface area contributed by atoms with Crippen molar-refractivity contribution in [2.75, 3.05) is 11.6 Å². The van der Waals surface area contributed by atoms with E-state index in [0.717, 1.165) is 22.0 Å². The van der Waals surface area contributed by atoms with E-state index in [1.807, 2.05) is 48.7 Å². The largest absolute Gasteiger partial charge is 0.308 e. The molecule has 0 aliphatic carbocycles. The number of anilines is 2. The second-order valence-electron chi connectivity index (χ2n) is 5.52. The lowest BCUT2D eigenvalue weighted by molar-refractivity contribution is 0.976. The Kier molecular flexibility index (Phi) is 4.07. The summed E-state index contributed by atoms with van der Waals surface area (Å²) in [5, 5.41) is 11.9. The molecule has 2 aromatic heterocycles. The van der Waals surface area contributed by atoms with Crippen molar-refractivity contribution in [3.05, 3.63) is 54.1 Å². The number of aromatic nitrogens is 5. The predicted octanol–water partition coefficient (Wildman–Crippen LogP) is 4.19. The number of thioether (sulfide) groups is 1. The molecule has 0 fully saturated rings. The summed E-state index contributed by atoms with van der Waals surface area (Å²) in [4.78, 5) is 13.8. The lowest BCUT2D eigenvalue weighted by Crippen LogP contribution is -2.01. The van der Waals surface area contributed by atoms with E-state index in [9.17, 15) is 0 Å². The molecule has 0 aliphatic rings. The lowest BCUT2D eigenvalue weighted by atomic mass is 10.1. The summed E-state index contributed by atoms with van der Waals surface area (Å²) in [5.41, 5.74) is 3.02. The minimum absolute atomic E-state index is 0.559. The molecule has 0 bridgehead atoms. The zero-order valence-corrected chi connectivity index (χ0v) is 14.6. The number of nitrogens with zero attached hydrogens (tertiary/aromatic N) is 4. The molecule has 4 aromatic rings. The molecule has 7 heteroatoms. The maximum atomic E-state index is 4.75. The molecule has 2 heterocycles. The van der Waals surface area contributed by atoms with Crippen molar-refractivity contribution in [1.29, 1.82) is 0 Å². The van der Waals surface area contributed by atoms with Crippen molar-refractivity contribution in [3.63, 3.8) is 0 Å². The molecule has 6 nitrogen and oxygen atoms in total. The van der Waals surface area contributed by atoms with Gasteiger partial charge in [0.25, 0.3) is 0 Å². The number of rotatable bonds is 4. The highest BCUT2D eigenvalue weighted by Gasteiger charge is 2.12. The fraction of sp³-hybridized carbons (Fsp3) is 0.111. The summed E-state index contributed by atoms with van der Waals surface area (Å²) < 4.78 is 0. The number of hydrogen-bond acceptors (Lipinski definition) is 6. The summed E-state index contributed by atoms with van der Waals surface area (Å²) in [6.45, 7) is 2.06. The summed E-state index contributed by atoms with van der Waals surface area (Å²) >= 11 is 1.48. The minimum atomic E-state index is 0.559. The van der Waals surface area contributed by atoms with Gasteiger partial charge in [-0.3, -0.25) is 0 Å². The first-order valence-corrected chi connectivity index (χ1v) is 9.03. The van der Waals surface area contributed by atoms with E-state index in [1.54, 1.807) is 0 Å². The van der Waals surface area contributed by atoms with Crippen molar-refractivity contribution in [2.24, 2.45) is 0 Å². The van der Waals surface area contributed by atoms with Gasteiger partial charge in [-0.1, -0.05) is 48.2 Å². The van der Waals surface area contributed by atoms with E-state index in [2.05, 4.69) is 33.5 Å². The second kappa shape index (κ2) is 6.52. The molecule has 124 valence electrons. The van der Waals surface area contributed by atoms with E-state index in [-0.39, 0.29) is 0 Å². The minimum Gasteiger partial charge on any atom is -0.308 e. The Balaban J connectivity index is 1.85. The van der Waals surface area contributed by atoms with Crippen LogP contribution in [0.25, 0.3) is 22.3 Å². The summed E-state index contributed by atoms with van der Waals surface area (Å²) in [7, 11) is 0. The molecule has 0 radical (unpaired) electrons. The molecule has 0 atom stereocenters. The van der Waals surface area contributed by atoms with E-state index in [1.165, 1.54) is 11.8 Å². The Morgan fingerprint density at radius 2 is 1.76 bits per heavy atom. The smallest absolute Gasteiger partial charge is 0.225 e. The third-order valence-electron chi connectivity index (χ3n) is 3.87. The Bertz CT molecular complexity index is 1040. The average molecular weight is 348 g/mol. The topological polar surface area (TPSA) is 79.4 Å². The maximum absolute atomic E-state index is 4.75. The van der Waals surface area contributed by atoms with Gasteiger partial charge in [-0.15, -0.1) is 5.10 Å². The number of H-pyrrole nitrogens is 1. The van der Waals surface area contributed by atoms with Gasteiger partial charge in [0.2, 0.25) is 11.1 Å². The normalized spacial score (nSPS) is 11.0. The van der Waals surface area contributed by atoms with Gasteiger partial charge in [0.15, 0.2) is 5.82 Å². The van der Waals surface area contributed by atoms with Crippen LogP contribution in [0.15, 0.2) is 53.7 Å². The van der Waals surface area contributed by atoms with E-state index < -0.39 is 0 Å². The molecular weight excluding hydrogens is 332 g/mol. The Hall–Kier alpha value is -2.93. The number of benzene rings is 2. The monoisotopic (exact) mass is 348 g/mol. The molecule has 4 rings (SSSR count). The van der Waals surface area contributed by atoms with E-state index >= 15 is 0 Å². The fourth-order valence-electron chi connectivity index (χ4n) is 2.62. The number of aromatic amines is 1. The van der Waals surface area contributed by atoms with Crippen LogP contribution in [-0.2, 0) is 0 Å². The van der Waals surface area contributed by atoms with Crippen LogP contribution in [0.1, 0.15) is 5.56 Å². The van der Waals surface area contributed by atoms with Gasteiger partial charge in [-0.2, -0.15) is 4.98 Å². The number of aryl methyl sites for hydroxylation is 1. The Morgan fingerprint density at radius 1 is 0.960 bits per heavy atom. The van der Waals surface area contributed by atoms with Crippen LogP contribution in [0.4, 0.5) is 11.8 Å². The molecule has 0 spiro atoms. The first-order chi connectivity index (χ1) is 12.2. The van der Waals surface area contributed by atoms with Crippen LogP contribution in [-0.4, -0.2) is 31.4 Å². The van der Waals surface area contributed by atoms with Gasteiger partial charge < -0.3 is 5.32 Å². The fourth-order valence-corrected chi connectivity index (χ4v) is 2.94. The van der Waals surface area contributed by atoms with Crippen molar-refractivity contribution >= 4 is 34.4 Å². The highest BCUT2D eigenvalue weighted by atomic mass is 32.2.